The molecule has 7 heteroatoms. The molecule has 4 rings (SSSR count). The largest absolute Gasteiger partial charge is 0.338 e. The van der Waals surface area contributed by atoms with Crippen LogP contribution in [-0.4, -0.2) is 45.2 Å². The van der Waals surface area contributed by atoms with Gasteiger partial charge < -0.3 is 4.90 Å². The fourth-order valence-electron chi connectivity index (χ4n) is 5.12. The summed E-state index contributed by atoms with van der Waals surface area (Å²) in [5.41, 5.74) is 4.33. The quantitative estimate of drug-likeness (QED) is 0.307. The van der Waals surface area contributed by atoms with E-state index in [9.17, 15) is 14.9 Å². The minimum absolute atomic E-state index is 0.107. The normalized spacial score (nSPS) is 17.9. The molecule has 2 atom stereocenters. The molecule has 0 unspecified atom stereocenters. The third-order valence-electron chi connectivity index (χ3n) is 6.96. The van der Waals surface area contributed by atoms with E-state index in [1.807, 2.05) is 49.2 Å². The zero-order chi connectivity index (χ0) is 25.7. The Labute approximate surface area is 212 Å². The van der Waals surface area contributed by atoms with E-state index in [0.717, 1.165) is 24.2 Å². The summed E-state index contributed by atoms with van der Waals surface area (Å²) in [6, 6.07) is 19.5. The summed E-state index contributed by atoms with van der Waals surface area (Å²) in [5.74, 6) is 0.446. The minimum atomic E-state index is -0.308. The van der Waals surface area contributed by atoms with E-state index in [-0.39, 0.29) is 34.3 Å². The van der Waals surface area contributed by atoms with Crippen molar-refractivity contribution < 1.29 is 9.72 Å². The SMILES string of the molecule is Cc1ccc([C@@H]2CN(Cc3ccccc3[N+](=O)[O-])C[C@H]2CN(Cc2cccnc2)C(=O)C(C)C)cc1. The number of nitro groups is 1. The van der Waals surface area contributed by atoms with Crippen LogP contribution >= 0.6 is 0 Å². The van der Waals surface area contributed by atoms with Gasteiger partial charge in [0.25, 0.3) is 5.69 Å². The molecule has 0 N–H and O–H groups in total. The van der Waals surface area contributed by atoms with Gasteiger partial charge in [-0.1, -0.05) is 67.9 Å². The van der Waals surface area contributed by atoms with Crippen molar-refractivity contribution >= 4 is 11.6 Å². The number of hydrogen-bond donors (Lipinski definition) is 0. The number of carbonyl (C=O) groups is 1. The lowest BCUT2D eigenvalue weighted by Crippen LogP contribution is -2.39. The number of para-hydroxylation sites is 1. The van der Waals surface area contributed by atoms with E-state index in [2.05, 4.69) is 41.1 Å². The second-order valence-electron chi connectivity index (χ2n) is 10.1. The molecule has 2 heterocycles. The Morgan fingerprint density at radius 1 is 1.11 bits per heavy atom. The number of benzene rings is 2. The van der Waals surface area contributed by atoms with E-state index in [0.29, 0.717) is 19.6 Å². The number of aryl methyl sites for hydroxylation is 1. The first-order valence-electron chi connectivity index (χ1n) is 12.5. The van der Waals surface area contributed by atoms with Gasteiger partial charge in [-0.2, -0.15) is 0 Å². The maximum Gasteiger partial charge on any atom is 0.273 e. The molecule has 1 aliphatic heterocycles. The maximum absolute atomic E-state index is 13.2. The van der Waals surface area contributed by atoms with Gasteiger partial charge in [-0.25, -0.2) is 0 Å². The molecular formula is C29H34N4O3. The molecule has 0 saturated carbocycles. The van der Waals surface area contributed by atoms with Gasteiger partial charge in [0.05, 0.1) is 4.92 Å². The van der Waals surface area contributed by atoms with Gasteiger partial charge in [0.15, 0.2) is 0 Å². The highest BCUT2D eigenvalue weighted by atomic mass is 16.6. The number of carbonyl (C=O) groups excluding carboxylic acids is 1. The van der Waals surface area contributed by atoms with Gasteiger partial charge in [-0.15, -0.1) is 0 Å². The summed E-state index contributed by atoms with van der Waals surface area (Å²) in [6.07, 6.45) is 3.55. The Morgan fingerprint density at radius 2 is 1.86 bits per heavy atom. The summed E-state index contributed by atoms with van der Waals surface area (Å²) in [4.78, 5) is 33.0. The first-order chi connectivity index (χ1) is 17.3. The summed E-state index contributed by atoms with van der Waals surface area (Å²) in [7, 11) is 0. The lowest BCUT2D eigenvalue weighted by atomic mass is 9.88. The Bertz CT molecular complexity index is 1180. The zero-order valence-electron chi connectivity index (χ0n) is 21.2. The van der Waals surface area contributed by atoms with Crippen LogP contribution in [0.4, 0.5) is 5.69 Å². The summed E-state index contributed by atoms with van der Waals surface area (Å²) < 4.78 is 0. The molecule has 36 heavy (non-hydrogen) atoms. The maximum atomic E-state index is 13.2. The van der Waals surface area contributed by atoms with E-state index in [1.165, 1.54) is 11.1 Å². The van der Waals surface area contributed by atoms with Crippen LogP contribution in [0.25, 0.3) is 0 Å². The Kier molecular flexibility index (Phi) is 8.10. The molecule has 0 aliphatic carbocycles. The molecule has 0 radical (unpaired) electrons. The predicted molar refractivity (Wildman–Crippen MR) is 140 cm³/mol. The standard InChI is InChI=1S/C29H34N4O3/c1-21(2)29(34)32(16-23-7-6-14-30-15-23)19-26-18-31(17-25-8-4-5-9-28(25)33(35)36)20-27(26)24-12-10-22(3)11-13-24/h4-15,21,26-27H,16-20H2,1-3H3/t26-,27-/m0/s1. The van der Waals surface area contributed by atoms with Crippen molar-refractivity contribution in [1.29, 1.82) is 0 Å². The fraction of sp³-hybridized carbons (Fsp3) is 0.379. The Morgan fingerprint density at radius 3 is 2.53 bits per heavy atom. The Balaban J connectivity index is 1.60. The number of rotatable bonds is 9. The van der Waals surface area contributed by atoms with Crippen molar-refractivity contribution in [2.45, 2.75) is 39.8 Å². The molecule has 1 amide bonds. The van der Waals surface area contributed by atoms with Crippen LogP contribution in [0.15, 0.2) is 73.1 Å². The van der Waals surface area contributed by atoms with Gasteiger partial charge in [-0.05, 0) is 30.0 Å². The first-order valence-corrected chi connectivity index (χ1v) is 12.5. The molecule has 1 aliphatic rings. The predicted octanol–water partition coefficient (Wildman–Crippen LogP) is 5.20. The number of aromatic nitrogens is 1. The zero-order valence-corrected chi connectivity index (χ0v) is 21.2. The first kappa shape index (κ1) is 25.5. The van der Waals surface area contributed by atoms with Gasteiger partial charge in [0.2, 0.25) is 5.91 Å². The second kappa shape index (κ2) is 11.4. The fourth-order valence-corrected chi connectivity index (χ4v) is 5.12. The van der Waals surface area contributed by atoms with Crippen LogP contribution in [0.5, 0.6) is 0 Å². The number of nitro benzene ring substituents is 1. The smallest absolute Gasteiger partial charge is 0.273 e. The molecule has 3 aromatic rings. The van der Waals surface area contributed by atoms with Crippen molar-refractivity contribution in [2.24, 2.45) is 11.8 Å². The number of pyridine rings is 1. The van der Waals surface area contributed by atoms with Crippen LogP contribution in [0.3, 0.4) is 0 Å². The molecule has 1 fully saturated rings. The van der Waals surface area contributed by atoms with Crippen molar-refractivity contribution in [2.75, 3.05) is 19.6 Å². The summed E-state index contributed by atoms with van der Waals surface area (Å²) >= 11 is 0. The van der Waals surface area contributed by atoms with Gasteiger partial charge in [0.1, 0.15) is 0 Å². The number of hydrogen-bond acceptors (Lipinski definition) is 5. The molecule has 0 bridgehead atoms. The van der Waals surface area contributed by atoms with E-state index < -0.39 is 0 Å². The van der Waals surface area contributed by atoms with Gasteiger partial charge in [-0.3, -0.25) is 24.8 Å². The van der Waals surface area contributed by atoms with Crippen molar-refractivity contribution in [1.82, 2.24) is 14.8 Å². The lowest BCUT2D eigenvalue weighted by Gasteiger charge is -2.30. The molecule has 0 spiro atoms. The number of likely N-dealkylation sites (tertiary alicyclic amines) is 1. The van der Waals surface area contributed by atoms with Crippen molar-refractivity contribution in [3.8, 4) is 0 Å². The van der Waals surface area contributed by atoms with Crippen LogP contribution in [0, 0.1) is 28.9 Å². The minimum Gasteiger partial charge on any atom is -0.338 e. The lowest BCUT2D eigenvalue weighted by molar-refractivity contribution is -0.385. The van der Waals surface area contributed by atoms with Crippen LogP contribution in [0.2, 0.25) is 0 Å². The summed E-state index contributed by atoms with van der Waals surface area (Å²) in [6.45, 7) is 9.15. The van der Waals surface area contributed by atoms with E-state index in [4.69, 9.17) is 0 Å². The molecule has 1 aromatic heterocycles. The highest BCUT2D eigenvalue weighted by Crippen LogP contribution is 2.35. The van der Waals surface area contributed by atoms with Gasteiger partial charge in [0, 0.05) is 68.6 Å². The van der Waals surface area contributed by atoms with E-state index >= 15 is 0 Å². The molecule has 7 nitrogen and oxygen atoms in total. The van der Waals surface area contributed by atoms with Gasteiger partial charge >= 0.3 is 0 Å². The van der Waals surface area contributed by atoms with Crippen LogP contribution in [0.1, 0.15) is 42.0 Å². The number of amides is 1. The molecule has 1 saturated heterocycles. The van der Waals surface area contributed by atoms with Crippen LogP contribution in [-0.2, 0) is 17.9 Å². The third-order valence-corrected chi connectivity index (χ3v) is 6.96. The molecule has 188 valence electrons. The van der Waals surface area contributed by atoms with E-state index in [1.54, 1.807) is 18.3 Å². The highest BCUT2D eigenvalue weighted by Gasteiger charge is 2.36. The highest BCUT2D eigenvalue weighted by molar-refractivity contribution is 5.78. The number of nitrogens with zero attached hydrogens (tertiary/aromatic N) is 4. The average Bonchev–Trinajstić information content (AvgIpc) is 3.26. The average molecular weight is 487 g/mol. The van der Waals surface area contributed by atoms with Crippen molar-refractivity contribution in [3.05, 3.63) is 105 Å². The topological polar surface area (TPSA) is 79.6 Å². The third kappa shape index (κ3) is 6.15. The monoisotopic (exact) mass is 486 g/mol. The van der Waals surface area contributed by atoms with Crippen molar-refractivity contribution in [3.63, 3.8) is 0 Å². The second-order valence-corrected chi connectivity index (χ2v) is 10.1. The molecular weight excluding hydrogens is 452 g/mol. The summed E-state index contributed by atoms with van der Waals surface area (Å²) in [5, 5.41) is 11.6. The Hall–Kier alpha value is -3.58. The van der Waals surface area contributed by atoms with Crippen LogP contribution < -0.4 is 0 Å². The molecule has 2 aromatic carbocycles.